The highest BCUT2D eigenvalue weighted by Crippen LogP contribution is 2.28. The van der Waals surface area contributed by atoms with Crippen molar-refractivity contribution < 1.29 is 28.6 Å². The van der Waals surface area contributed by atoms with E-state index in [1.54, 1.807) is 25.1 Å². The molecule has 0 aromatic heterocycles. The first-order valence-corrected chi connectivity index (χ1v) is 10.3. The van der Waals surface area contributed by atoms with Gasteiger partial charge in [-0.1, -0.05) is 13.3 Å². The highest BCUT2D eigenvalue weighted by atomic mass is 16.6. The molecule has 2 rings (SSSR count). The van der Waals surface area contributed by atoms with Crippen LogP contribution in [-0.2, 0) is 9.53 Å². The van der Waals surface area contributed by atoms with Gasteiger partial charge in [0.1, 0.15) is 0 Å². The molecule has 1 unspecified atom stereocenters. The van der Waals surface area contributed by atoms with Gasteiger partial charge >= 0.3 is 6.09 Å². The van der Waals surface area contributed by atoms with Crippen LogP contribution in [-0.4, -0.2) is 56.2 Å². The molecule has 0 radical (unpaired) electrons. The average Bonchev–Trinajstić information content (AvgIpc) is 2.77. The van der Waals surface area contributed by atoms with E-state index in [9.17, 15) is 14.4 Å². The second kappa shape index (κ2) is 11.9. The Balaban J connectivity index is 1.90. The number of hydrogen-bond acceptors (Lipinski definition) is 6. The fourth-order valence-corrected chi connectivity index (χ4v) is 3.12. The van der Waals surface area contributed by atoms with E-state index >= 15 is 0 Å². The minimum absolute atomic E-state index is 0.262. The van der Waals surface area contributed by atoms with Crippen molar-refractivity contribution in [3.05, 3.63) is 23.8 Å². The van der Waals surface area contributed by atoms with E-state index < -0.39 is 17.9 Å². The number of likely N-dealkylation sites (tertiary alicyclic amines) is 1. The number of carbonyl (C=O) groups excluding carboxylic acids is 3. The molecule has 166 valence electrons. The molecule has 1 fully saturated rings. The van der Waals surface area contributed by atoms with Gasteiger partial charge in [-0.25, -0.2) is 4.79 Å². The lowest BCUT2D eigenvalue weighted by Crippen LogP contribution is -2.50. The zero-order valence-corrected chi connectivity index (χ0v) is 17.9. The standard InChI is InChI=1S/C21H31N3O6/c1-4-6-12-30-17-10-9-15(13-18(17)28-3)19(25)22-23-20(26)16-8-7-11-24(14-16)21(27)29-5-2/h9-10,13,16H,4-8,11-12,14H2,1-3H3,(H,22,25)(H,23,26). The topological polar surface area (TPSA) is 106 Å². The summed E-state index contributed by atoms with van der Waals surface area (Å²) in [4.78, 5) is 38.2. The average molecular weight is 421 g/mol. The van der Waals surface area contributed by atoms with Crippen LogP contribution in [0.5, 0.6) is 11.5 Å². The molecule has 1 aliphatic rings. The van der Waals surface area contributed by atoms with Crippen LogP contribution in [0, 0.1) is 5.92 Å². The van der Waals surface area contributed by atoms with Crippen molar-refractivity contribution in [3.8, 4) is 11.5 Å². The molecule has 0 spiro atoms. The first-order chi connectivity index (χ1) is 14.5. The van der Waals surface area contributed by atoms with Gasteiger partial charge < -0.3 is 19.1 Å². The third kappa shape index (κ3) is 6.53. The fraction of sp³-hybridized carbons (Fsp3) is 0.571. The van der Waals surface area contributed by atoms with Gasteiger partial charge in [0.15, 0.2) is 11.5 Å². The Kier molecular flexibility index (Phi) is 9.24. The summed E-state index contributed by atoms with van der Waals surface area (Å²) in [5, 5.41) is 0. The van der Waals surface area contributed by atoms with Crippen molar-refractivity contribution in [3.63, 3.8) is 0 Å². The number of nitrogens with one attached hydrogen (secondary N) is 2. The summed E-state index contributed by atoms with van der Waals surface area (Å²) in [5.41, 5.74) is 5.19. The Morgan fingerprint density at radius 3 is 2.67 bits per heavy atom. The minimum Gasteiger partial charge on any atom is -0.493 e. The molecule has 2 N–H and O–H groups in total. The maximum absolute atomic E-state index is 12.4. The lowest BCUT2D eigenvalue weighted by molar-refractivity contribution is -0.127. The van der Waals surface area contributed by atoms with E-state index in [4.69, 9.17) is 14.2 Å². The monoisotopic (exact) mass is 421 g/mol. The lowest BCUT2D eigenvalue weighted by Gasteiger charge is -2.31. The Hall–Kier alpha value is -2.97. The molecular weight excluding hydrogens is 390 g/mol. The van der Waals surface area contributed by atoms with Crippen LogP contribution in [0.25, 0.3) is 0 Å². The summed E-state index contributed by atoms with van der Waals surface area (Å²) in [6.07, 6.45) is 2.84. The first-order valence-electron chi connectivity index (χ1n) is 10.3. The number of amides is 3. The summed E-state index contributed by atoms with van der Waals surface area (Å²) in [6, 6.07) is 4.84. The number of nitrogens with zero attached hydrogens (tertiary/aromatic N) is 1. The number of piperidine rings is 1. The molecular formula is C21H31N3O6. The van der Waals surface area contributed by atoms with Crippen molar-refractivity contribution in [1.29, 1.82) is 0 Å². The third-order valence-electron chi connectivity index (χ3n) is 4.80. The molecule has 0 saturated carbocycles. The van der Waals surface area contributed by atoms with Crippen molar-refractivity contribution in [2.75, 3.05) is 33.4 Å². The predicted octanol–water partition coefficient (Wildman–Crippen LogP) is 2.50. The highest BCUT2D eigenvalue weighted by Gasteiger charge is 2.29. The van der Waals surface area contributed by atoms with E-state index in [2.05, 4.69) is 17.8 Å². The lowest BCUT2D eigenvalue weighted by atomic mass is 9.98. The molecule has 9 heteroatoms. The first kappa shape index (κ1) is 23.3. The highest BCUT2D eigenvalue weighted by molar-refractivity contribution is 5.96. The van der Waals surface area contributed by atoms with Crippen LogP contribution in [0.15, 0.2) is 18.2 Å². The molecule has 30 heavy (non-hydrogen) atoms. The molecule has 1 heterocycles. The summed E-state index contributed by atoms with van der Waals surface area (Å²) in [6.45, 7) is 5.48. The van der Waals surface area contributed by atoms with E-state index in [1.807, 2.05) is 0 Å². The Bertz CT molecular complexity index is 739. The molecule has 0 aliphatic carbocycles. The maximum Gasteiger partial charge on any atom is 0.409 e. The predicted molar refractivity (Wildman–Crippen MR) is 110 cm³/mol. The molecule has 1 aliphatic heterocycles. The zero-order chi connectivity index (χ0) is 21.9. The minimum atomic E-state index is -0.472. The number of methoxy groups -OCH3 is 1. The third-order valence-corrected chi connectivity index (χ3v) is 4.80. The molecule has 9 nitrogen and oxygen atoms in total. The van der Waals surface area contributed by atoms with Crippen LogP contribution in [0.4, 0.5) is 4.79 Å². The molecule has 1 atom stereocenters. The summed E-state index contributed by atoms with van der Waals surface area (Å²) < 4.78 is 15.9. The Labute approximate surface area is 177 Å². The van der Waals surface area contributed by atoms with Gasteiger partial charge in [0, 0.05) is 18.7 Å². The van der Waals surface area contributed by atoms with Gasteiger partial charge in [0.25, 0.3) is 5.91 Å². The fourth-order valence-electron chi connectivity index (χ4n) is 3.12. The molecule has 3 amide bonds. The molecule has 1 aromatic carbocycles. The number of rotatable bonds is 8. The van der Waals surface area contributed by atoms with Crippen LogP contribution in [0.3, 0.4) is 0 Å². The van der Waals surface area contributed by atoms with Gasteiger partial charge in [-0.15, -0.1) is 0 Å². The second-order valence-electron chi connectivity index (χ2n) is 7.00. The number of hydrazine groups is 1. The Morgan fingerprint density at radius 1 is 1.17 bits per heavy atom. The SMILES string of the molecule is CCCCOc1ccc(C(=O)NNC(=O)C2CCCN(C(=O)OCC)C2)cc1OC. The summed E-state index contributed by atoms with van der Waals surface area (Å²) in [7, 11) is 1.50. The van der Waals surface area contributed by atoms with E-state index in [0.717, 1.165) is 12.8 Å². The van der Waals surface area contributed by atoms with Crippen molar-refractivity contribution >= 4 is 17.9 Å². The Morgan fingerprint density at radius 2 is 1.97 bits per heavy atom. The summed E-state index contributed by atoms with van der Waals surface area (Å²) in [5.74, 6) is -0.216. The number of ether oxygens (including phenoxy) is 3. The quantitative estimate of drug-likeness (QED) is 0.493. The smallest absolute Gasteiger partial charge is 0.409 e. The molecule has 1 aromatic rings. The van der Waals surface area contributed by atoms with Crippen LogP contribution < -0.4 is 20.3 Å². The summed E-state index contributed by atoms with van der Waals surface area (Å²) >= 11 is 0. The van der Waals surface area contributed by atoms with E-state index in [1.165, 1.54) is 12.0 Å². The van der Waals surface area contributed by atoms with Crippen LogP contribution in [0.1, 0.15) is 49.9 Å². The van der Waals surface area contributed by atoms with Gasteiger partial charge in [-0.3, -0.25) is 20.4 Å². The van der Waals surface area contributed by atoms with Crippen molar-refractivity contribution in [1.82, 2.24) is 15.8 Å². The van der Waals surface area contributed by atoms with Crippen LogP contribution >= 0.6 is 0 Å². The second-order valence-corrected chi connectivity index (χ2v) is 7.00. The molecule has 0 bridgehead atoms. The number of hydrogen-bond donors (Lipinski definition) is 2. The van der Waals surface area contributed by atoms with E-state index in [0.29, 0.717) is 43.1 Å². The van der Waals surface area contributed by atoms with Crippen LogP contribution in [0.2, 0.25) is 0 Å². The van der Waals surface area contributed by atoms with Gasteiger partial charge in [0.2, 0.25) is 5.91 Å². The number of unbranched alkanes of at least 4 members (excludes halogenated alkanes) is 1. The van der Waals surface area contributed by atoms with E-state index in [-0.39, 0.29) is 19.1 Å². The van der Waals surface area contributed by atoms with Crippen molar-refractivity contribution in [2.45, 2.75) is 39.5 Å². The number of benzene rings is 1. The normalized spacial score (nSPS) is 15.8. The largest absolute Gasteiger partial charge is 0.493 e. The van der Waals surface area contributed by atoms with Gasteiger partial charge in [0.05, 0.1) is 26.2 Å². The number of carbonyl (C=O) groups is 3. The van der Waals surface area contributed by atoms with Gasteiger partial charge in [-0.05, 0) is 44.4 Å². The molecule has 1 saturated heterocycles. The van der Waals surface area contributed by atoms with Gasteiger partial charge in [-0.2, -0.15) is 0 Å². The zero-order valence-electron chi connectivity index (χ0n) is 17.9. The maximum atomic E-state index is 12.4. The van der Waals surface area contributed by atoms with Crippen molar-refractivity contribution in [2.24, 2.45) is 5.92 Å².